The number of aliphatic hydroxyl groups is 1. The van der Waals surface area contributed by atoms with Crippen molar-refractivity contribution in [2.45, 2.75) is 46.1 Å². The largest absolute Gasteiger partial charge is 0.393 e. The Labute approximate surface area is 70.1 Å². The molecule has 0 spiro atoms. The summed E-state index contributed by atoms with van der Waals surface area (Å²) in [4.78, 5) is 0. The van der Waals surface area contributed by atoms with Crippen LogP contribution in [0.3, 0.4) is 0 Å². The molecule has 66 valence electrons. The van der Waals surface area contributed by atoms with E-state index in [2.05, 4.69) is 26.0 Å². The normalized spacial score (nSPS) is 17.1. The molecule has 1 nitrogen and oxygen atoms in total. The van der Waals surface area contributed by atoms with Gasteiger partial charge in [0.1, 0.15) is 0 Å². The SMILES string of the molecule is CC/C=C/CC(CC)C(C)O. The van der Waals surface area contributed by atoms with E-state index in [0.29, 0.717) is 5.92 Å². The van der Waals surface area contributed by atoms with Crippen LogP contribution in [0.2, 0.25) is 0 Å². The number of rotatable bonds is 5. The van der Waals surface area contributed by atoms with E-state index in [1.807, 2.05) is 6.92 Å². The van der Waals surface area contributed by atoms with Crippen LogP contribution in [0, 0.1) is 5.92 Å². The minimum absolute atomic E-state index is 0.165. The van der Waals surface area contributed by atoms with Crippen LogP contribution in [-0.2, 0) is 0 Å². The first kappa shape index (κ1) is 10.7. The first-order valence-electron chi connectivity index (χ1n) is 4.55. The Kier molecular flexibility index (Phi) is 6.24. The maximum atomic E-state index is 9.28. The molecule has 0 saturated heterocycles. The second kappa shape index (κ2) is 6.41. The average Bonchev–Trinajstić information content (AvgIpc) is 1.97. The first-order chi connectivity index (χ1) is 5.22. The zero-order valence-electron chi connectivity index (χ0n) is 7.88. The molecule has 0 heterocycles. The highest BCUT2D eigenvalue weighted by atomic mass is 16.3. The van der Waals surface area contributed by atoms with Gasteiger partial charge < -0.3 is 5.11 Å². The van der Waals surface area contributed by atoms with Crippen LogP contribution < -0.4 is 0 Å². The second-order valence-corrected chi connectivity index (χ2v) is 3.02. The lowest BCUT2D eigenvalue weighted by Crippen LogP contribution is -2.14. The van der Waals surface area contributed by atoms with Gasteiger partial charge in [0.2, 0.25) is 0 Å². The second-order valence-electron chi connectivity index (χ2n) is 3.02. The third kappa shape index (κ3) is 5.02. The Bertz CT molecular complexity index is 105. The Morgan fingerprint density at radius 2 is 1.91 bits per heavy atom. The van der Waals surface area contributed by atoms with Crippen LogP contribution in [0.1, 0.15) is 40.0 Å². The molecule has 0 fully saturated rings. The van der Waals surface area contributed by atoms with Crippen molar-refractivity contribution in [3.63, 3.8) is 0 Å². The van der Waals surface area contributed by atoms with E-state index in [1.54, 1.807) is 0 Å². The van der Waals surface area contributed by atoms with Crippen molar-refractivity contribution in [3.8, 4) is 0 Å². The fourth-order valence-corrected chi connectivity index (χ4v) is 1.14. The summed E-state index contributed by atoms with van der Waals surface area (Å²) in [5, 5.41) is 9.28. The predicted octanol–water partition coefficient (Wildman–Crippen LogP) is 2.75. The summed E-state index contributed by atoms with van der Waals surface area (Å²) in [6.07, 6.45) is 7.33. The molecular formula is C10H20O. The maximum absolute atomic E-state index is 9.28. The molecule has 0 bridgehead atoms. The highest BCUT2D eigenvalue weighted by molar-refractivity contribution is 4.83. The van der Waals surface area contributed by atoms with E-state index in [0.717, 1.165) is 19.3 Å². The summed E-state index contributed by atoms with van der Waals surface area (Å²) in [6.45, 7) is 6.12. The van der Waals surface area contributed by atoms with Gasteiger partial charge in [-0.2, -0.15) is 0 Å². The number of hydrogen-bond donors (Lipinski definition) is 1. The smallest absolute Gasteiger partial charge is 0.0543 e. The van der Waals surface area contributed by atoms with Gasteiger partial charge in [-0.1, -0.05) is 32.4 Å². The van der Waals surface area contributed by atoms with E-state index in [-0.39, 0.29) is 6.10 Å². The molecular weight excluding hydrogens is 136 g/mol. The van der Waals surface area contributed by atoms with Crippen LogP contribution in [0.5, 0.6) is 0 Å². The fraction of sp³-hybridized carbons (Fsp3) is 0.800. The summed E-state index contributed by atoms with van der Waals surface area (Å²) >= 11 is 0. The van der Waals surface area contributed by atoms with E-state index >= 15 is 0 Å². The molecule has 1 heteroatoms. The van der Waals surface area contributed by atoms with Crippen molar-refractivity contribution in [3.05, 3.63) is 12.2 Å². The number of allylic oxidation sites excluding steroid dienone is 2. The minimum atomic E-state index is -0.165. The number of hydrogen-bond acceptors (Lipinski definition) is 1. The van der Waals surface area contributed by atoms with Gasteiger partial charge in [0.25, 0.3) is 0 Å². The summed E-state index contributed by atoms with van der Waals surface area (Å²) in [7, 11) is 0. The zero-order valence-corrected chi connectivity index (χ0v) is 7.88. The Hall–Kier alpha value is -0.300. The van der Waals surface area contributed by atoms with Crippen LogP contribution >= 0.6 is 0 Å². The molecule has 0 amide bonds. The van der Waals surface area contributed by atoms with Gasteiger partial charge in [-0.15, -0.1) is 0 Å². The maximum Gasteiger partial charge on any atom is 0.0543 e. The first-order valence-corrected chi connectivity index (χ1v) is 4.55. The van der Waals surface area contributed by atoms with Crippen molar-refractivity contribution in [2.75, 3.05) is 0 Å². The fourth-order valence-electron chi connectivity index (χ4n) is 1.14. The van der Waals surface area contributed by atoms with E-state index in [1.165, 1.54) is 0 Å². The molecule has 0 saturated carbocycles. The topological polar surface area (TPSA) is 20.2 Å². The number of aliphatic hydroxyl groups excluding tert-OH is 1. The van der Waals surface area contributed by atoms with Crippen molar-refractivity contribution in [2.24, 2.45) is 5.92 Å². The van der Waals surface area contributed by atoms with Crippen molar-refractivity contribution >= 4 is 0 Å². The third-order valence-corrected chi connectivity index (χ3v) is 2.05. The lowest BCUT2D eigenvalue weighted by Gasteiger charge is -2.15. The third-order valence-electron chi connectivity index (χ3n) is 2.05. The van der Waals surface area contributed by atoms with Gasteiger partial charge in [-0.05, 0) is 25.7 Å². The lowest BCUT2D eigenvalue weighted by molar-refractivity contribution is 0.124. The van der Waals surface area contributed by atoms with Gasteiger partial charge in [-0.3, -0.25) is 0 Å². The van der Waals surface area contributed by atoms with Crippen LogP contribution in [0.15, 0.2) is 12.2 Å². The average molecular weight is 156 g/mol. The Morgan fingerprint density at radius 3 is 2.27 bits per heavy atom. The zero-order chi connectivity index (χ0) is 8.69. The van der Waals surface area contributed by atoms with E-state index in [4.69, 9.17) is 0 Å². The predicted molar refractivity (Wildman–Crippen MR) is 49.5 cm³/mol. The summed E-state index contributed by atoms with van der Waals surface area (Å²) in [6, 6.07) is 0. The summed E-state index contributed by atoms with van der Waals surface area (Å²) < 4.78 is 0. The minimum Gasteiger partial charge on any atom is -0.393 e. The highest BCUT2D eigenvalue weighted by Crippen LogP contribution is 2.13. The van der Waals surface area contributed by atoms with Crippen LogP contribution in [-0.4, -0.2) is 11.2 Å². The molecule has 0 aliphatic carbocycles. The van der Waals surface area contributed by atoms with Gasteiger partial charge in [0.05, 0.1) is 6.10 Å². The van der Waals surface area contributed by atoms with Gasteiger partial charge in [0, 0.05) is 0 Å². The molecule has 0 aliphatic heterocycles. The van der Waals surface area contributed by atoms with Crippen molar-refractivity contribution in [1.82, 2.24) is 0 Å². The van der Waals surface area contributed by atoms with E-state index in [9.17, 15) is 5.11 Å². The monoisotopic (exact) mass is 156 g/mol. The standard InChI is InChI=1S/C10H20O/c1-4-6-7-8-10(5-2)9(3)11/h6-7,9-11H,4-5,8H2,1-3H3/b7-6+. The molecule has 0 aromatic heterocycles. The molecule has 11 heavy (non-hydrogen) atoms. The Balaban J connectivity index is 3.60. The van der Waals surface area contributed by atoms with Gasteiger partial charge >= 0.3 is 0 Å². The lowest BCUT2D eigenvalue weighted by atomic mass is 9.97. The summed E-state index contributed by atoms with van der Waals surface area (Å²) in [5.74, 6) is 0.442. The molecule has 0 radical (unpaired) electrons. The molecule has 0 aliphatic rings. The van der Waals surface area contributed by atoms with Crippen molar-refractivity contribution < 1.29 is 5.11 Å². The summed E-state index contributed by atoms with van der Waals surface area (Å²) in [5.41, 5.74) is 0. The van der Waals surface area contributed by atoms with Crippen LogP contribution in [0.4, 0.5) is 0 Å². The molecule has 2 unspecified atom stereocenters. The van der Waals surface area contributed by atoms with Gasteiger partial charge in [-0.25, -0.2) is 0 Å². The Morgan fingerprint density at radius 1 is 1.27 bits per heavy atom. The quantitative estimate of drug-likeness (QED) is 0.607. The van der Waals surface area contributed by atoms with E-state index < -0.39 is 0 Å². The van der Waals surface area contributed by atoms with Gasteiger partial charge in [0.15, 0.2) is 0 Å². The molecule has 0 rings (SSSR count). The van der Waals surface area contributed by atoms with Crippen molar-refractivity contribution in [1.29, 1.82) is 0 Å². The molecule has 1 N–H and O–H groups in total. The molecule has 0 aromatic rings. The molecule has 0 aromatic carbocycles. The molecule has 2 atom stereocenters. The van der Waals surface area contributed by atoms with Crippen LogP contribution in [0.25, 0.3) is 0 Å². The highest BCUT2D eigenvalue weighted by Gasteiger charge is 2.09.